The lowest BCUT2D eigenvalue weighted by Gasteiger charge is -2.17. The summed E-state index contributed by atoms with van der Waals surface area (Å²) in [6, 6.07) is 9.61. The van der Waals surface area contributed by atoms with Crippen molar-refractivity contribution in [3.63, 3.8) is 0 Å². The zero-order valence-corrected chi connectivity index (χ0v) is 15.7. The van der Waals surface area contributed by atoms with E-state index in [9.17, 15) is 4.79 Å². The minimum absolute atomic E-state index is 0.201. The first-order valence-electron chi connectivity index (χ1n) is 8.47. The van der Waals surface area contributed by atoms with E-state index in [1.165, 1.54) is 0 Å². The molecular weight excluding hydrogens is 348 g/mol. The van der Waals surface area contributed by atoms with Gasteiger partial charge < -0.3 is 20.1 Å². The highest BCUT2D eigenvalue weighted by Crippen LogP contribution is 2.41. The van der Waals surface area contributed by atoms with Crippen LogP contribution in [0.5, 0.6) is 11.5 Å². The Hall–Kier alpha value is -2.65. The van der Waals surface area contributed by atoms with Crippen LogP contribution in [0.3, 0.4) is 0 Å². The van der Waals surface area contributed by atoms with Gasteiger partial charge in [-0.1, -0.05) is 30.0 Å². The van der Waals surface area contributed by atoms with Crippen LogP contribution in [0.1, 0.15) is 24.3 Å². The quantitative estimate of drug-likeness (QED) is 0.794. The summed E-state index contributed by atoms with van der Waals surface area (Å²) in [4.78, 5) is 12.8. The Bertz CT molecular complexity index is 819. The number of thiophene rings is 1. The Labute approximate surface area is 157 Å². The maximum Gasteiger partial charge on any atom is 0.315 e. The number of hydrogen-bond donors (Lipinski definition) is 2. The van der Waals surface area contributed by atoms with Crippen LogP contribution in [0.4, 0.5) is 4.79 Å². The van der Waals surface area contributed by atoms with E-state index in [0.717, 1.165) is 22.6 Å². The molecule has 0 saturated carbocycles. The normalized spacial score (nSPS) is 13.8. The van der Waals surface area contributed by atoms with E-state index in [2.05, 4.69) is 42.4 Å². The summed E-state index contributed by atoms with van der Waals surface area (Å²) in [6.07, 6.45) is 0.871. The summed E-state index contributed by atoms with van der Waals surface area (Å²) in [6.45, 7) is 5.17. The van der Waals surface area contributed by atoms with Crippen LogP contribution >= 0.6 is 11.3 Å². The number of benzene rings is 1. The van der Waals surface area contributed by atoms with Crippen molar-refractivity contribution in [2.45, 2.75) is 32.4 Å². The van der Waals surface area contributed by atoms with Crippen molar-refractivity contribution in [2.24, 2.45) is 0 Å². The topological polar surface area (TPSA) is 59.6 Å². The molecule has 1 aromatic heterocycles. The summed E-state index contributed by atoms with van der Waals surface area (Å²) in [7, 11) is 0. The van der Waals surface area contributed by atoms with Crippen LogP contribution < -0.4 is 20.1 Å². The van der Waals surface area contributed by atoms with E-state index < -0.39 is 0 Å². The predicted octanol–water partition coefficient (Wildman–Crippen LogP) is 3.34. The van der Waals surface area contributed by atoms with E-state index in [1.54, 1.807) is 11.3 Å². The Morgan fingerprint density at radius 1 is 1.27 bits per heavy atom. The van der Waals surface area contributed by atoms with Crippen molar-refractivity contribution < 1.29 is 14.3 Å². The molecule has 5 nitrogen and oxygen atoms in total. The minimum Gasteiger partial charge on any atom is -0.483 e. The molecule has 0 radical (unpaired) electrons. The van der Waals surface area contributed by atoms with Gasteiger partial charge in [0, 0.05) is 16.9 Å². The van der Waals surface area contributed by atoms with Crippen LogP contribution in [0.25, 0.3) is 0 Å². The molecule has 2 amide bonds. The lowest BCUT2D eigenvalue weighted by Crippen LogP contribution is -2.35. The molecular formula is C20H22N2O3S. The fraction of sp³-hybridized carbons (Fsp3) is 0.350. The first-order valence-corrected chi connectivity index (χ1v) is 9.35. The van der Waals surface area contributed by atoms with Gasteiger partial charge in [0.25, 0.3) is 0 Å². The SMILES string of the molecule is CC1(C)Cc2cccc(OCC#CCNC(=O)NCc3cccs3)c2O1. The average Bonchev–Trinajstić information content (AvgIpc) is 3.22. The Kier molecular flexibility index (Phi) is 5.69. The number of urea groups is 1. The average molecular weight is 370 g/mol. The van der Waals surface area contributed by atoms with Crippen LogP contribution in [-0.2, 0) is 13.0 Å². The molecule has 0 unspecified atom stereocenters. The number of para-hydroxylation sites is 1. The first kappa shape index (κ1) is 18.2. The molecule has 2 heterocycles. The highest BCUT2D eigenvalue weighted by Gasteiger charge is 2.32. The molecule has 136 valence electrons. The fourth-order valence-electron chi connectivity index (χ4n) is 2.70. The first-order chi connectivity index (χ1) is 12.5. The van der Waals surface area contributed by atoms with Gasteiger partial charge in [-0.05, 0) is 31.4 Å². The molecule has 0 fully saturated rings. The van der Waals surface area contributed by atoms with Crippen LogP contribution in [0.15, 0.2) is 35.7 Å². The number of carbonyl (C=O) groups excluding carboxylic acids is 1. The number of carbonyl (C=O) groups is 1. The van der Waals surface area contributed by atoms with Gasteiger partial charge in [0.15, 0.2) is 11.5 Å². The molecule has 1 aliphatic heterocycles. The van der Waals surface area contributed by atoms with Gasteiger partial charge in [0.1, 0.15) is 12.2 Å². The molecule has 3 rings (SSSR count). The van der Waals surface area contributed by atoms with Gasteiger partial charge in [-0.15, -0.1) is 11.3 Å². The van der Waals surface area contributed by atoms with Crippen LogP contribution in [0.2, 0.25) is 0 Å². The summed E-state index contributed by atoms with van der Waals surface area (Å²) < 4.78 is 11.7. The molecule has 0 bridgehead atoms. The van der Waals surface area contributed by atoms with Gasteiger partial charge in [-0.2, -0.15) is 0 Å². The maximum atomic E-state index is 11.6. The molecule has 0 spiro atoms. The fourth-order valence-corrected chi connectivity index (χ4v) is 3.34. The van der Waals surface area contributed by atoms with Gasteiger partial charge in [-0.3, -0.25) is 0 Å². The van der Waals surface area contributed by atoms with Crippen LogP contribution in [0, 0.1) is 11.8 Å². The van der Waals surface area contributed by atoms with Crippen molar-refractivity contribution in [1.82, 2.24) is 10.6 Å². The largest absolute Gasteiger partial charge is 0.483 e. The van der Waals surface area contributed by atoms with Crippen molar-refractivity contribution in [1.29, 1.82) is 0 Å². The summed E-state index contributed by atoms with van der Waals surface area (Å²) in [5.74, 6) is 7.30. The van der Waals surface area contributed by atoms with Crippen molar-refractivity contribution in [3.05, 3.63) is 46.2 Å². The van der Waals surface area contributed by atoms with Crippen molar-refractivity contribution >= 4 is 17.4 Å². The lowest BCUT2D eigenvalue weighted by atomic mass is 10.0. The molecule has 26 heavy (non-hydrogen) atoms. The second-order valence-corrected chi connectivity index (χ2v) is 7.57. The van der Waals surface area contributed by atoms with E-state index >= 15 is 0 Å². The van der Waals surface area contributed by atoms with Crippen molar-refractivity contribution in [3.8, 4) is 23.3 Å². The molecule has 2 aromatic rings. The molecule has 1 aliphatic rings. The summed E-state index contributed by atoms with van der Waals surface area (Å²) >= 11 is 1.61. The minimum atomic E-state index is -0.231. The monoisotopic (exact) mass is 370 g/mol. The third-order valence-corrected chi connectivity index (χ3v) is 4.70. The standard InChI is InChI=1S/C20H22N2O3S/c1-20(2)13-15-7-5-9-17(18(15)25-20)24-11-4-3-10-21-19(23)22-14-16-8-6-12-26-16/h5-9,12H,10-11,13-14H2,1-2H3,(H2,21,22,23). The van der Waals surface area contributed by atoms with Crippen molar-refractivity contribution in [2.75, 3.05) is 13.2 Å². The third kappa shape index (κ3) is 4.93. The van der Waals surface area contributed by atoms with Gasteiger partial charge in [0.05, 0.1) is 13.1 Å². The molecule has 0 atom stereocenters. The number of ether oxygens (including phenoxy) is 2. The number of hydrogen-bond acceptors (Lipinski definition) is 4. The zero-order chi connectivity index (χ0) is 18.4. The smallest absolute Gasteiger partial charge is 0.315 e. The maximum absolute atomic E-state index is 11.6. The number of fused-ring (bicyclic) bond motifs is 1. The van der Waals surface area contributed by atoms with E-state index in [-0.39, 0.29) is 24.8 Å². The number of rotatable bonds is 5. The van der Waals surface area contributed by atoms with E-state index in [1.807, 2.05) is 29.6 Å². The predicted molar refractivity (Wildman–Crippen MR) is 103 cm³/mol. The lowest BCUT2D eigenvalue weighted by molar-refractivity contribution is 0.133. The Morgan fingerprint density at radius 2 is 2.15 bits per heavy atom. The van der Waals surface area contributed by atoms with Gasteiger partial charge >= 0.3 is 6.03 Å². The highest BCUT2D eigenvalue weighted by atomic mass is 32.1. The number of amides is 2. The molecule has 1 aromatic carbocycles. The molecule has 0 saturated heterocycles. The van der Waals surface area contributed by atoms with E-state index in [4.69, 9.17) is 9.47 Å². The third-order valence-electron chi connectivity index (χ3n) is 3.82. The molecule has 0 aliphatic carbocycles. The Balaban J connectivity index is 1.39. The zero-order valence-electron chi connectivity index (χ0n) is 14.9. The number of nitrogens with one attached hydrogen (secondary N) is 2. The van der Waals surface area contributed by atoms with Gasteiger partial charge in [0.2, 0.25) is 0 Å². The second-order valence-electron chi connectivity index (χ2n) is 6.54. The Morgan fingerprint density at radius 3 is 2.96 bits per heavy atom. The molecule has 6 heteroatoms. The van der Waals surface area contributed by atoms with Gasteiger partial charge in [-0.25, -0.2) is 4.79 Å². The second kappa shape index (κ2) is 8.15. The highest BCUT2D eigenvalue weighted by molar-refractivity contribution is 7.09. The summed E-state index contributed by atoms with van der Waals surface area (Å²) in [5.41, 5.74) is 0.956. The summed E-state index contributed by atoms with van der Waals surface area (Å²) in [5, 5.41) is 7.46. The van der Waals surface area contributed by atoms with E-state index in [0.29, 0.717) is 12.3 Å². The van der Waals surface area contributed by atoms with Crippen LogP contribution in [-0.4, -0.2) is 24.8 Å². The molecule has 2 N–H and O–H groups in total.